The lowest BCUT2D eigenvalue weighted by Gasteiger charge is -1.97. The summed E-state index contributed by atoms with van der Waals surface area (Å²) in [5.74, 6) is 0. The monoisotopic (exact) mass is 234 g/mol. The number of carbonyl (C=O) groups excluding carboxylic acids is 1. The molecule has 0 spiro atoms. The van der Waals surface area contributed by atoms with Crippen LogP contribution in [0.25, 0.3) is 10.6 Å². The Kier molecular flexibility index (Phi) is 2.74. The van der Waals surface area contributed by atoms with Crippen molar-refractivity contribution >= 4 is 23.3 Å². The number of aromatic nitrogens is 1. The van der Waals surface area contributed by atoms with Gasteiger partial charge in [-0.2, -0.15) is 0 Å². The third kappa shape index (κ3) is 1.82. The van der Waals surface area contributed by atoms with Gasteiger partial charge in [0.2, 0.25) is 0 Å². The third-order valence-corrected chi connectivity index (χ3v) is 2.87. The van der Waals surface area contributed by atoms with Gasteiger partial charge >= 0.3 is 0 Å². The second kappa shape index (κ2) is 4.19. The van der Waals surface area contributed by atoms with Crippen molar-refractivity contribution < 1.29 is 9.72 Å². The molecule has 2 aromatic rings. The van der Waals surface area contributed by atoms with E-state index in [0.29, 0.717) is 16.9 Å². The molecule has 16 heavy (non-hydrogen) atoms. The van der Waals surface area contributed by atoms with Crippen molar-refractivity contribution in [1.82, 2.24) is 4.98 Å². The molecule has 0 bridgehead atoms. The fraction of sp³-hybridized carbons (Fsp3) is 0. The molecule has 0 saturated heterocycles. The minimum Gasteiger partial charge on any atom is -0.296 e. The van der Waals surface area contributed by atoms with Crippen molar-refractivity contribution in [2.75, 3.05) is 0 Å². The van der Waals surface area contributed by atoms with E-state index in [-0.39, 0.29) is 11.4 Å². The molecule has 5 nitrogen and oxygen atoms in total. The van der Waals surface area contributed by atoms with E-state index in [9.17, 15) is 14.9 Å². The summed E-state index contributed by atoms with van der Waals surface area (Å²) in [4.78, 5) is 24.8. The maximum absolute atomic E-state index is 10.8. The molecule has 0 aliphatic carbocycles. The zero-order valence-corrected chi connectivity index (χ0v) is 8.81. The van der Waals surface area contributed by atoms with E-state index in [1.54, 1.807) is 23.6 Å². The summed E-state index contributed by atoms with van der Waals surface area (Å²) in [5.41, 5.74) is 0.720. The van der Waals surface area contributed by atoms with Crippen LogP contribution in [0.3, 0.4) is 0 Å². The van der Waals surface area contributed by atoms with Crippen LogP contribution in [-0.2, 0) is 0 Å². The first-order valence-corrected chi connectivity index (χ1v) is 5.25. The number of carbonyl (C=O) groups is 1. The maximum Gasteiger partial charge on any atom is 0.279 e. The lowest BCUT2D eigenvalue weighted by Crippen LogP contribution is -1.91. The molecule has 0 aliphatic heterocycles. The van der Waals surface area contributed by atoms with Crippen molar-refractivity contribution in [3.63, 3.8) is 0 Å². The molecule has 1 heterocycles. The van der Waals surface area contributed by atoms with Gasteiger partial charge in [-0.25, -0.2) is 4.98 Å². The normalized spacial score (nSPS) is 10.0. The van der Waals surface area contributed by atoms with E-state index in [0.717, 1.165) is 0 Å². The summed E-state index contributed by atoms with van der Waals surface area (Å²) in [7, 11) is 0. The minimum atomic E-state index is -0.461. The lowest BCUT2D eigenvalue weighted by molar-refractivity contribution is -0.384. The Morgan fingerprint density at radius 1 is 1.38 bits per heavy atom. The zero-order chi connectivity index (χ0) is 11.5. The summed E-state index contributed by atoms with van der Waals surface area (Å²) in [5, 5.41) is 12.8. The number of nitrogens with zero attached hydrogens (tertiary/aromatic N) is 2. The van der Waals surface area contributed by atoms with Crippen molar-refractivity contribution in [2.24, 2.45) is 0 Å². The van der Waals surface area contributed by atoms with E-state index in [1.807, 2.05) is 0 Å². The second-order valence-electron chi connectivity index (χ2n) is 2.97. The Morgan fingerprint density at radius 3 is 2.75 bits per heavy atom. The molecule has 0 fully saturated rings. The van der Waals surface area contributed by atoms with Crippen LogP contribution in [-0.4, -0.2) is 16.2 Å². The van der Waals surface area contributed by atoms with Crippen LogP contribution in [0, 0.1) is 10.1 Å². The van der Waals surface area contributed by atoms with Crippen LogP contribution in [0.5, 0.6) is 0 Å². The average molecular weight is 234 g/mol. The van der Waals surface area contributed by atoms with Gasteiger partial charge in [-0.15, -0.1) is 11.3 Å². The summed E-state index contributed by atoms with van der Waals surface area (Å²) < 4.78 is 0. The van der Waals surface area contributed by atoms with Gasteiger partial charge in [0.15, 0.2) is 6.29 Å². The van der Waals surface area contributed by atoms with Crippen molar-refractivity contribution in [3.8, 4) is 10.6 Å². The standard InChI is InChI=1S/C10H6N2O3S/c13-5-7-6-16-10(11-7)8-3-1-2-4-9(8)12(14)15/h1-6H. The predicted molar refractivity (Wildman–Crippen MR) is 59.6 cm³/mol. The number of nitro benzene ring substituents is 1. The molecule has 0 amide bonds. The Balaban J connectivity index is 2.54. The van der Waals surface area contributed by atoms with Crippen LogP contribution < -0.4 is 0 Å². The van der Waals surface area contributed by atoms with E-state index < -0.39 is 4.92 Å². The topological polar surface area (TPSA) is 73.1 Å². The van der Waals surface area contributed by atoms with Gasteiger partial charge in [-0.1, -0.05) is 12.1 Å². The van der Waals surface area contributed by atoms with Crippen LogP contribution in [0.1, 0.15) is 10.5 Å². The first-order chi connectivity index (χ1) is 7.72. The highest BCUT2D eigenvalue weighted by Gasteiger charge is 2.16. The summed E-state index contributed by atoms with van der Waals surface area (Å²) in [6, 6.07) is 6.32. The number of thiazole rings is 1. The molecular weight excluding hydrogens is 228 g/mol. The van der Waals surface area contributed by atoms with Gasteiger partial charge < -0.3 is 0 Å². The van der Waals surface area contributed by atoms with E-state index in [2.05, 4.69) is 4.98 Å². The fourth-order valence-corrected chi connectivity index (χ4v) is 2.08. The maximum atomic E-state index is 10.8. The van der Waals surface area contributed by atoms with Crippen molar-refractivity contribution in [3.05, 3.63) is 45.5 Å². The highest BCUT2D eigenvalue weighted by atomic mass is 32.1. The van der Waals surface area contributed by atoms with Crippen molar-refractivity contribution in [2.45, 2.75) is 0 Å². The highest BCUT2D eigenvalue weighted by Crippen LogP contribution is 2.31. The third-order valence-electron chi connectivity index (χ3n) is 1.97. The Labute approximate surface area is 94.5 Å². The first-order valence-electron chi connectivity index (χ1n) is 4.37. The second-order valence-corrected chi connectivity index (χ2v) is 3.83. The van der Waals surface area contributed by atoms with Crippen molar-refractivity contribution in [1.29, 1.82) is 0 Å². The number of aldehydes is 1. The number of hydrogen-bond donors (Lipinski definition) is 0. The first kappa shape index (κ1) is 10.4. The molecule has 6 heteroatoms. The Bertz CT molecular complexity index is 551. The molecular formula is C10H6N2O3S. The smallest absolute Gasteiger partial charge is 0.279 e. The molecule has 80 valence electrons. The summed E-state index contributed by atoms with van der Waals surface area (Å²) >= 11 is 1.21. The molecule has 1 aromatic heterocycles. The molecule has 0 atom stereocenters. The SMILES string of the molecule is O=Cc1csc(-c2ccccc2[N+](=O)[O-])n1. The van der Waals surface area contributed by atoms with Gasteiger partial charge in [0.1, 0.15) is 10.7 Å². The van der Waals surface area contributed by atoms with Gasteiger partial charge in [0, 0.05) is 11.4 Å². The van der Waals surface area contributed by atoms with E-state index in [1.165, 1.54) is 17.4 Å². The van der Waals surface area contributed by atoms with Gasteiger partial charge in [0.25, 0.3) is 5.69 Å². The number of hydrogen-bond acceptors (Lipinski definition) is 5. The number of rotatable bonds is 3. The fourth-order valence-electron chi connectivity index (χ4n) is 1.28. The summed E-state index contributed by atoms with van der Waals surface area (Å²) in [6.45, 7) is 0. The highest BCUT2D eigenvalue weighted by molar-refractivity contribution is 7.13. The molecule has 0 N–H and O–H groups in total. The number of benzene rings is 1. The van der Waals surface area contributed by atoms with Gasteiger partial charge in [-0.05, 0) is 6.07 Å². The molecule has 0 saturated carbocycles. The average Bonchev–Trinajstić information content (AvgIpc) is 2.77. The van der Waals surface area contributed by atoms with Gasteiger partial charge in [0.05, 0.1) is 10.5 Å². The largest absolute Gasteiger partial charge is 0.296 e. The minimum absolute atomic E-state index is 0.00528. The van der Waals surface area contributed by atoms with Crippen LogP contribution in [0.15, 0.2) is 29.6 Å². The quantitative estimate of drug-likeness (QED) is 0.464. The van der Waals surface area contributed by atoms with E-state index >= 15 is 0 Å². The number of nitro groups is 1. The molecule has 0 aliphatic rings. The molecule has 2 rings (SSSR count). The Morgan fingerprint density at radius 2 is 2.12 bits per heavy atom. The van der Waals surface area contributed by atoms with Crippen LogP contribution in [0.2, 0.25) is 0 Å². The van der Waals surface area contributed by atoms with E-state index in [4.69, 9.17) is 0 Å². The molecule has 0 unspecified atom stereocenters. The zero-order valence-electron chi connectivity index (χ0n) is 7.99. The molecule has 1 aromatic carbocycles. The van der Waals surface area contributed by atoms with Crippen LogP contribution in [0.4, 0.5) is 5.69 Å². The lowest BCUT2D eigenvalue weighted by atomic mass is 10.2. The summed E-state index contributed by atoms with van der Waals surface area (Å²) in [6.07, 6.45) is 0.620. The number of para-hydroxylation sites is 1. The van der Waals surface area contributed by atoms with Gasteiger partial charge in [-0.3, -0.25) is 14.9 Å². The van der Waals surface area contributed by atoms with Crippen LogP contribution >= 0.6 is 11.3 Å². The molecule has 0 radical (unpaired) electrons. The Hall–Kier alpha value is -2.08. The predicted octanol–water partition coefficient (Wildman–Crippen LogP) is 2.53.